The quantitative estimate of drug-likeness (QED) is 0.0427. The Morgan fingerprint density at radius 3 is 1.67 bits per heavy atom. The summed E-state index contributed by atoms with van der Waals surface area (Å²) >= 11 is 0. The summed E-state index contributed by atoms with van der Waals surface area (Å²) in [6, 6.07) is 0. The molecule has 0 heterocycles. The minimum Gasteiger partial charge on any atom is -0.480 e. The maximum atomic E-state index is 12.6. The first-order valence-electron chi connectivity index (χ1n) is 18.6. The van der Waals surface area contributed by atoms with Crippen LogP contribution in [0.5, 0.6) is 0 Å². The summed E-state index contributed by atoms with van der Waals surface area (Å²) in [6.45, 7) is 4.09. The van der Waals surface area contributed by atoms with E-state index >= 15 is 0 Å². The second-order valence-electron chi connectivity index (χ2n) is 12.5. The molecule has 0 aliphatic rings. The summed E-state index contributed by atoms with van der Waals surface area (Å²) < 4.78 is 5.98. The summed E-state index contributed by atoms with van der Waals surface area (Å²) in [5.74, 6) is -1.25. The Labute approximate surface area is 276 Å². The Kier molecular flexibility index (Phi) is 32.7. The number of aliphatic carboxylic acids is 1. The lowest BCUT2D eigenvalue weighted by atomic mass is 10.0. The third-order valence-corrected chi connectivity index (χ3v) is 8.08. The van der Waals surface area contributed by atoms with Crippen LogP contribution in [0, 0.1) is 0 Å². The molecule has 0 saturated carbocycles. The lowest BCUT2D eigenvalue weighted by Gasteiger charge is -2.18. The zero-order valence-electron chi connectivity index (χ0n) is 29.2. The predicted octanol–water partition coefficient (Wildman–Crippen LogP) is 10.9. The standard InChI is InChI=1S/C39H69NO5/c1-3-5-7-9-11-13-14-15-16-17-18-19-21-26-30-34-39(44)45-36(31-27-23-20-12-10-8-6-4-2)32-28-24-22-25-29-33-37(41)40-35-38(42)43/h5,7,11,13,15-16,36H,3-4,6,8-10,12,14,17-35H2,1-2H3,(H,40,41)(H,42,43)/b7-5-,13-11-,16-15-. The molecule has 1 atom stereocenters. The van der Waals surface area contributed by atoms with Gasteiger partial charge in [0, 0.05) is 12.8 Å². The largest absolute Gasteiger partial charge is 0.480 e. The summed E-state index contributed by atoms with van der Waals surface area (Å²) in [5.41, 5.74) is 0. The van der Waals surface area contributed by atoms with E-state index in [1.54, 1.807) is 0 Å². The van der Waals surface area contributed by atoms with Gasteiger partial charge in [-0.2, -0.15) is 0 Å². The number of unbranched alkanes of at least 4 members (excludes halogenated alkanes) is 16. The Morgan fingerprint density at radius 1 is 0.600 bits per heavy atom. The first-order chi connectivity index (χ1) is 22.0. The number of hydrogen-bond acceptors (Lipinski definition) is 4. The molecule has 0 aromatic heterocycles. The van der Waals surface area contributed by atoms with Crippen LogP contribution in [-0.4, -0.2) is 35.6 Å². The monoisotopic (exact) mass is 632 g/mol. The normalized spacial score (nSPS) is 12.4. The number of rotatable bonds is 33. The van der Waals surface area contributed by atoms with Crippen molar-refractivity contribution in [3.63, 3.8) is 0 Å². The number of carbonyl (C=O) groups excluding carboxylic acids is 2. The molecule has 0 fully saturated rings. The second-order valence-corrected chi connectivity index (χ2v) is 12.5. The highest BCUT2D eigenvalue weighted by Crippen LogP contribution is 2.18. The summed E-state index contributed by atoms with van der Waals surface area (Å²) in [7, 11) is 0. The molecule has 0 rings (SSSR count). The van der Waals surface area contributed by atoms with Crippen LogP contribution in [0.25, 0.3) is 0 Å². The van der Waals surface area contributed by atoms with Gasteiger partial charge >= 0.3 is 11.9 Å². The van der Waals surface area contributed by atoms with E-state index in [1.165, 1.54) is 64.2 Å². The maximum absolute atomic E-state index is 12.6. The van der Waals surface area contributed by atoms with Crippen molar-refractivity contribution in [2.75, 3.05) is 6.54 Å². The fourth-order valence-electron chi connectivity index (χ4n) is 5.35. The minimum atomic E-state index is -1.02. The van der Waals surface area contributed by atoms with Gasteiger partial charge in [0.15, 0.2) is 0 Å². The fraction of sp³-hybridized carbons (Fsp3) is 0.769. The zero-order chi connectivity index (χ0) is 33.1. The maximum Gasteiger partial charge on any atom is 0.322 e. The lowest BCUT2D eigenvalue weighted by Crippen LogP contribution is -2.28. The highest BCUT2D eigenvalue weighted by molar-refractivity contribution is 5.80. The average molecular weight is 632 g/mol. The van der Waals surface area contributed by atoms with Crippen LogP contribution >= 0.6 is 0 Å². The summed E-state index contributed by atoms with van der Waals surface area (Å²) in [6.07, 6.45) is 41.2. The van der Waals surface area contributed by atoms with Gasteiger partial charge in [-0.25, -0.2) is 0 Å². The topological polar surface area (TPSA) is 92.7 Å². The van der Waals surface area contributed by atoms with Crippen LogP contribution in [0.1, 0.15) is 181 Å². The molecule has 0 aliphatic heterocycles. The molecule has 0 spiro atoms. The molecule has 6 nitrogen and oxygen atoms in total. The zero-order valence-corrected chi connectivity index (χ0v) is 29.2. The number of nitrogens with one attached hydrogen (secondary N) is 1. The molecular weight excluding hydrogens is 562 g/mol. The van der Waals surface area contributed by atoms with Crippen molar-refractivity contribution in [1.82, 2.24) is 5.32 Å². The Hall–Kier alpha value is -2.37. The summed E-state index contributed by atoms with van der Waals surface area (Å²) in [4.78, 5) is 34.8. The van der Waals surface area contributed by atoms with Gasteiger partial charge in [-0.1, -0.05) is 134 Å². The Bertz CT molecular complexity index is 788. The number of amides is 1. The number of carboxylic acids is 1. The van der Waals surface area contributed by atoms with Crippen LogP contribution in [0.3, 0.4) is 0 Å². The van der Waals surface area contributed by atoms with Gasteiger partial charge < -0.3 is 15.2 Å². The van der Waals surface area contributed by atoms with E-state index in [2.05, 4.69) is 55.6 Å². The molecule has 0 aromatic rings. The van der Waals surface area contributed by atoms with Crippen LogP contribution in [0.15, 0.2) is 36.5 Å². The highest BCUT2D eigenvalue weighted by Gasteiger charge is 2.14. The molecule has 45 heavy (non-hydrogen) atoms. The van der Waals surface area contributed by atoms with Crippen molar-refractivity contribution >= 4 is 17.8 Å². The van der Waals surface area contributed by atoms with E-state index in [0.29, 0.717) is 12.8 Å². The molecule has 1 unspecified atom stereocenters. The van der Waals surface area contributed by atoms with E-state index in [0.717, 1.165) is 89.9 Å². The van der Waals surface area contributed by atoms with Gasteiger partial charge in [-0.15, -0.1) is 0 Å². The number of allylic oxidation sites excluding steroid dienone is 6. The van der Waals surface area contributed by atoms with E-state index < -0.39 is 5.97 Å². The molecular formula is C39H69NO5. The molecule has 0 aromatic carbocycles. The highest BCUT2D eigenvalue weighted by atomic mass is 16.5. The summed E-state index contributed by atoms with van der Waals surface area (Å²) in [5, 5.41) is 11.0. The second kappa shape index (κ2) is 34.5. The van der Waals surface area contributed by atoms with Crippen LogP contribution in [-0.2, 0) is 19.1 Å². The van der Waals surface area contributed by atoms with Gasteiger partial charge in [0.2, 0.25) is 5.91 Å². The predicted molar refractivity (Wildman–Crippen MR) is 189 cm³/mol. The van der Waals surface area contributed by atoms with Gasteiger partial charge in [-0.05, 0) is 70.6 Å². The number of ether oxygens (including phenoxy) is 1. The smallest absolute Gasteiger partial charge is 0.322 e. The van der Waals surface area contributed by atoms with E-state index in [4.69, 9.17) is 9.84 Å². The van der Waals surface area contributed by atoms with E-state index in [1.807, 2.05) is 0 Å². The SMILES string of the molecule is CC/C=C\C/C=C\C/C=C\CCCCCCCC(=O)OC(CCCCCCCCCC)CCCCCCCC(=O)NCC(=O)O. The van der Waals surface area contributed by atoms with Crippen molar-refractivity contribution in [3.05, 3.63) is 36.5 Å². The van der Waals surface area contributed by atoms with Crippen molar-refractivity contribution in [2.45, 2.75) is 187 Å². The molecule has 260 valence electrons. The van der Waals surface area contributed by atoms with E-state index in [-0.39, 0.29) is 24.5 Å². The first-order valence-corrected chi connectivity index (χ1v) is 18.6. The third kappa shape index (κ3) is 34.3. The minimum absolute atomic E-state index is 0.0221. The average Bonchev–Trinajstić information content (AvgIpc) is 3.02. The van der Waals surface area contributed by atoms with E-state index in [9.17, 15) is 14.4 Å². The van der Waals surface area contributed by atoms with Crippen LogP contribution in [0.4, 0.5) is 0 Å². The Morgan fingerprint density at radius 2 is 1.09 bits per heavy atom. The molecule has 1 amide bonds. The van der Waals surface area contributed by atoms with Crippen LogP contribution < -0.4 is 5.32 Å². The number of esters is 1. The molecule has 0 saturated heterocycles. The van der Waals surface area contributed by atoms with Gasteiger partial charge in [-0.3, -0.25) is 14.4 Å². The molecule has 6 heteroatoms. The first kappa shape index (κ1) is 42.6. The van der Waals surface area contributed by atoms with Crippen molar-refractivity contribution in [3.8, 4) is 0 Å². The van der Waals surface area contributed by atoms with Crippen LogP contribution in [0.2, 0.25) is 0 Å². The molecule has 0 aliphatic carbocycles. The lowest BCUT2D eigenvalue weighted by molar-refractivity contribution is -0.150. The van der Waals surface area contributed by atoms with Crippen molar-refractivity contribution in [2.24, 2.45) is 0 Å². The molecule has 2 N–H and O–H groups in total. The van der Waals surface area contributed by atoms with Crippen molar-refractivity contribution < 1.29 is 24.2 Å². The van der Waals surface area contributed by atoms with Gasteiger partial charge in [0.1, 0.15) is 12.6 Å². The molecule has 0 radical (unpaired) electrons. The number of carboxylic acid groups (broad SMARTS) is 1. The Balaban J connectivity index is 4.14. The number of hydrogen-bond donors (Lipinski definition) is 2. The van der Waals surface area contributed by atoms with Gasteiger partial charge in [0.25, 0.3) is 0 Å². The van der Waals surface area contributed by atoms with Gasteiger partial charge in [0.05, 0.1) is 0 Å². The van der Waals surface area contributed by atoms with Crippen molar-refractivity contribution in [1.29, 1.82) is 0 Å². The third-order valence-electron chi connectivity index (χ3n) is 8.08. The number of carbonyl (C=O) groups is 3. The fourth-order valence-corrected chi connectivity index (χ4v) is 5.35. The molecule has 0 bridgehead atoms.